The first-order chi connectivity index (χ1) is 5.05. The summed E-state index contributed by atoms with van der Waals surface area (Å²) in [7, 11) is 0. The second-order valence-electron chi connectivity index (χ2n) is 3.34. The number of hydrogen-bond donors (Lipinski definition) is 2. The minimum absolute atomic E-state index is 0.125. The van der Waals surface area contributed by atoms with Crippen molar-refractivity contribution in [2.45, 2.75) is 20.0 Å². The van der Waals surface area contributed by atoms with Gasteiger partial charge in [-0.15, -0.1) is 0 Å². The SMILES string of the molecule is CC(C)(C(N)=S)C1CNCO1. The van der Waals surface area contributed by atoms with Crippen LogP contribution in [0.2, 0.25) is 0 Å². The highest BCUT2D eigenvalue weighted by Gasteiger charge is 2.35. The van der Waals surface area contributed by atoms with Crippen LogP contribution in [0, 0.1) is 5.41 Å². The zero-order valence-electron chi connectivity index (χ0n) is 6.89. The van der Waals surface area contributed by atoms with Gasteiger partial charge in [0.2, 0.25) is 0 Å². The molecule has 64 valence electrons. The van der Waals surface area contributed by atoms with Crippen LogP contribution < -0.4 is 11.1 Å². The lowest BCUT2D eigenvalue weighted by Crippen LogP contribution is -2.42. The number of nitrogens with one attached hydrogen (secondary N) is 1. The van der Waals surface area contributed by atoms with Crippen LogP contribution in [0.1, 0.15) is 13.8 Å². The van der Waals surface area contributed by atoms with Gasteiger partial charge < -0.3 is 10.5 Å². The molecule has 1 unspecified atom stereocenters. The highest BCUT2D eigenvalue weighted by Crippen LogP contribution is 2.25. The first-order valence-corrected chi connectivity index (χ1v) is 4.08. The Labute approximate surface area is 72.3 Å². The molecule has 0 radical (unpaired) electrons. The topological polar surface area (TPSA) is 47.3 Å². The zero-order valence-corrected chi connectivity index (χ0v) is 7.70. The molecule has 0 aliphatic carbocycles. The lowest BCUT2D eigenvalue weighted by Gasteiger charge is -2.28. The number of ether oxygens (including phenoxy) is 1. The Morgan fingerprint density at radius 1 is 1.73 bits per heavy atom. The average Bonchev–Trinajstić information content (AvgIpc) is 2.37. The first-order valence-electron chi connectivity index (χ1n) is 3.67. The molecule has 3 nitrogen and oxygen atoms in total. The van der Waals surface area contributed by atoms with E-state index in [0.717, 1.165) is 6.54 Å². The third-order valence-electron chi connectivity index (χ3n) is 2.16. The summed E-state index contributed by atoms with van der Waals surface area (Å²) >= 11 is 4.94. The second kappa shape index (κ2) is 3.05. The van der Waals surface area contributed by atoms with Gasteiger partial charge >= 0.3 is 0 Å². The van der Waals surface area contributed by atoms with Crippen molar-refractivity contribution in [3.8, 4) is 0 Å². The maximum atomic E-state index is 5.57. The van der Waals surface area contributed by atoms with Crippen LogP contribution in [0.4, 0.5) is 0 Å². The number of thiocarbonyl (C=S) groups is 1. The van der Waals surface area contributed by atoms with E-state index in [1.165, 1.54) is 0 Å². The van der Waals surface area contributed by atoms with Crippen molar-refractivity contribution in [3.63, 3.8) is 0 Å². The predicted molar refractivity (Wildman–Crippen MR) is 48.3 cm³/mol. The van der Waals surface area contributed by atoms with Crippen LogP contribution in [0.15, 0.2) is 0 Å². The standard InChI is InChI=1S/C7H14N2OS/c1-7(2,6(8)11)5-3-9-4-10-5/h5,9H,3-4H2,1-2H3,(H2,8,11). The first kappa shape index (κ1) is 8.90. The molecule has 4 heteroatoms. The summed E-state index contributed by atoms with van der Waals surface area (Å²) in [4.78, 5) is 0.520. The average molecular weight is 174 g/mol. The van der Waals surface area contributed by atoms with Gasteiger partial charge in [0.25, 0.3) is 0 Å². The molecule has 1 heterocycles. The molecule has 1 aliphatic heterocycles. The summed E-state index contributed by atoms with van der Waals surface area (Å²) in [5.74, 6) is 0. The molecule has 0 spiro atoms. The van der Waals surface area contributed by atoms with Crippen LogP contribution in [0.25, 0.3) is 0 Å². The van der Waals surface area contributed by atoms with E-state index in [1.807, 2.05) is 13.8 Å². The lowest BCUT2D eigenvalue weighted by atomic mass is 9.86. The van der Waals surface area contributed by atoms with Crippen LogP contribution in [0.3, 0.4) is 0 Å². The highest BCUT2D eigenvalue weighted by atomic mass is 32.1. The highest BCUT2D eigenvalue weighted by molar-refractivity contribution is 7.80. The van der Waals surface area contributed by atoms with Crippen LogP contribution in [-0.2, 0) is 4.74 Å². The van der Waals surface area contributed by atoms with Gasteiger partial charge in [0.05, 0.1) is 17.8 Å². The van der Waals surface area contributed by atoms with E-state index in [2.05, 4.69) is 5.32 Å². The Balaban J connectivity index is 2.62. The summed E-state index contributed by atoms with van der Waals surface area (Å²) in [6.07, 6.45) is 0.125. The van der Waals surface area contributed by atoms with E-state index >= 15 is 0 Å². The zero-order chi connectivity index (χ0) is 8.48. The summed E-state index contributed by atoms with van der Waals surface area (Å²) < 4.78 is 5.40. The van der Waals surface area contributed by atoms with Gasteiger partial charge in [-0.3, -0.25) is 5.32 Å². The van der Waals surface area contributed by atoms with E-state index in [0.29, 0.717) is 11.7 Å². The van der Waals surface area contributed by atoms with Crippen LogP contribution in [-0.4, -0.2) is 24.4 Å². The fourth-order valence-electron chi connectivity index (χ4n) is 1.03. The summed E-state index contributed by atoms with van der Waals surface area (Å²) in [5.41, 5.74) is 5.38. The Kier molecular flexibility index (Phi) is 2.47. The van der Waals surface area contributed by atoms with E-state index in [9.17, 15) is 0 Å². The molecule has 0 aromatic heterocycles. The van der Waals surface area contributed by atoms with Crippen molar-refractivity contribution < 1.29 is 4.74 Å². The fourth-order valence-corrected chi connectivity index (χ4v) is 1.16. The Hall–Kier alpha value is -0.190. The quantitative estimate of drug-likeness (QED) is 0.589. The Morgan fingerprint density at radius 3 is 2.73 bits per heavy atom. The van der Waals surface area contributed by atoms with Crippen molar-refractivity contribution in [1.82, 2.24) is 5.32 Å². The van der Waals surface area contributed by atoms with Gasteiger partial charge in [0.15, 0.2) is 0 Å². The maximum Gasteiger partial charge on any atom is 0.0971 e. The molecule has 0 aromatic rings. The number of nitrogens with two attached hydrogens (primary N) is 1. The third kappa shape index (κ3) is 1.69. The lowest BCUT2D eigenvalue weighted by molar-refractivity contribution is 0.0575. The maximum absolute atomic E-state index is 5.57. The minimum atomic E-state index is -0.196. The Bertz CT molecular complexity index is 164. The molecule has 1 atom stereocenters. The molecule has 0 aromatic carbocycles. The van der Waals surface area contributed by atoms with E-state index in [4.69, 9.17) is 22.7 Å². The predicted octanol–water partition coefficient (Wildman–Crippen LogP) is 0.245. The van der Waals surface area contributed by atoms with Gasteiger partial charge in [0.1, 0.15) is 0 Å². The van der Waals surface area contributed by atoms with Gasteiger partial charge in [-0.25, -0.2) is 0 Å². The van der Waals surface area contributed by atoms with E-state index < -0.39 is 0 Å². The smallest absolute Gasteiger partial charge is 0.0971 e. The third-order valence-corrected chi connectivity index (χ3v) is 2.68. The van der Waals surface area contributed by atoms with Crippen molar-refractivity contribution in [2.75, 3.05) is 13.3 Å². The number of rotatable bonds is 2. The van der Waals surface area contributed by atoms with Gasteiger partial charge in [-0.1, -0.05) is 26.1 Å². The molecule has 0 bridgehead atoms. The molecule has 11 heavy (non-hydrogen) atoms. The van der Waals surface area contributed by atoms with Crippen molar-refractivity contribution in [2.24, 2.45) is 11.1 Å². The normalized spacial score (nSPS) is 25.5. The number of hydrogen-bond acceptors (Lipinski definition) is 3. The van der Waals surface area contributed by atoms with Crippen molar-refractivity contribution in [3.05, 3.63) is 0 Å². The largest absolute Gasteiger partial charge is 0.393 e. The molecule has 1 aliphatic rings. The second-order valence-corrected chi connectivity index (χ2v) is 3.78. The molecule has 1 rings (SSSR count). The van der Waals surface area contributed by atoms with Gasteiger partial charge in [-0.2, -0.15) is 0 Å². The molecular formula is C7H14N2OS. The summed E-state index contributed by atoms with van der Waals surface area (Å²) in [6, 6.07) is 0. The van der Waals surface area contributed by atoms with Crippen LogP contribution in [0.5, 0.6) is 0 Å². The summed E-state index contributed by atoms with van der Waals surface area (Å²) in [5, 5.41) is 3.10. The molecule has 0 saturated carbocycles. The monoisotopic (exact) mass is 174 g/mol. The van der Waals surface area contributed by atoms with E-state index in [1.54, 1.807) is 0 Å². The summed E-state index contributed by atoms with van der Waals surface area (Å²) in [6.45, 7) is 5.46. The van der Waals surface area contributed by atoms with Gasteiger partial charge in [0, 0.05) is 12.0 Å². The Morgan fingerprint density at radius 2 is 2.36 bits per heavy atom. The molecule has 1 fully saturated rings. The van der Waals surface area contributed by atoms with Crippen LogP contribution >= 0.6 is 12.2 Å². The molecule has 3 N–H and O–H groups in total. The van der Waals surface area contributed by atoms with Crippen molar-refractivity contribution in [1.29, 1.82) is 0 Å². The van der Waals surface area contributed by atoms with E-state index in [-0.39, 0.29) is 11.5 Å². The van der Waals surface area contributed by atoms with Crippen molar-refractivity contribution >= 4 is 17.2 Å². The fraction of sp³-hybridized carbons (Fsp3) is 0.857. The molecule has 0 amide bonds. The van der Waals surface area contributed by atoms with Gasteiger partial charge in [-0.05, 0) is 0 Å². The molecule has 1 saturated heterocycles. The molecular weight excluding hydrogens is 160 g/mol. The minimum Gasteiger partial charge on any atom is -0.393 e.